The predicted octanol–water partition coefficient (Wildman–Crippen LogP) is 6.82. The summed E-state index contributed by atoms with van der Waals surface area (Å²) in [5.74, 6) is 0. The maximum atomic E-state index is 2.40. The van der Waals surface area contributed by atoms with E-state index in [2.05, 4.69) is 97.9 Å². The highest BCUT2D eigenvalue weighted by molar-refractivity contribution is 7.99. The summed E-state index contributed by atoms with van der Waals surface area (Å²) in [6, 6.07) is 33.8. The molecule has 27 heavy (non-hydrogen) atoms. The van der Waals surface area contributed by atoms with E-state index in [0.717, 1.165) is 0 Å². The van der Waals surface area contributed by atoms with Crippen LogP contribution in [-0.2, 0) is 5.41 Å². The zero-order chi connectivity index (χ0) is 18.0. The summed E-state index contributed by atoms with van der Waals surface area (Å²) in [5.41, 5.74) is 9.46. The Bertz CT molecular complexity index is 1170. The first-order valence-corrected chi connectivity index (χ1v) is 10.2. The zero-order valence-electron chi connectivity index (χ0n) is 15.1. The average Bonchev–Trinajstić information content (AvgIpc) is 3.01. The van der Waals surface area contributed by atoms with Crippen LogP contribution in [-0.4, -0.2) is 0 Å². The van der Waals surface area contributed by atoms with Crippen LogP contribution >= 0.6 is 11.8 Å². The Balaban J connectivity index is 1.86. The van der Waals surface area contributed by atoms with Crippen LogP contribution in [0.15, 0.2) is 101 Å². The summed E-state index contributed by atoms with van der Waals surface area (Å²) in [7, 11) is 0. The van der Waals surface area contributed by atoms with Gasteiger partial charge in [0.15, 0.2) is 0 Å². The van der Waals surface area contributed by atoms with Crippen molar-refractivity contribution in [1.82, 2.24) is 0 Å². The molecule has 0 amide bonds. The standard InChI is InChI=1S/C26H18S/c1-17-14-15-25-23(16-17)26(22-12-6-7-13-24(22)27-25)20-10-4-2-8-18(20)19-9-3-5-11-21(19)26/h2-16H,1H3. The second-order valence-corrected chi connectivity index (χ2v) is 8.52. The second kappa shape index (κ2) is 5.37. The van der Waals surface area contributed by atoms with Gasteiger partial charge in [0.25, 0.3) is 0 Å². The summed E-state index contributed by atoms with van der Waals surface area (Å²) >= 11 is 1.90. The van der Waals surface area contributed by atoms with Crippen molar-refractivity contribution >= 4 is 11.8 Å². The van der Waals surface area contributed by atoms with Crippen LogP contribution in [0.5, 0.6) is 0 Å². The number of hydrogen-bond acceptors (Lipinski definition) is 1. The molecule has 0 saturated carbocycles. The van der Waals surface area contributed by atoms with Crippen molar-refractivity contribution in [3.63, 3.8) is 0 Å². The topological polar surface area (TPSA) is 0 Å². The largest absolute Gasteiger partial charge is 0.0894 e. The van der Waals surface area contributed by atoms with Crippen LogP contribution in [0.4, 0.5) is 0 Å². The molecule has 0 nitrogen and oxygen atoms in total. The Labute approximate surface area is 163 Å². The first-order valence-electron chi connectivity index (χ1n) is 9.38. The summed E-state index contributed by atoms with van der Waals surface area (Å²) < 4.78 is 0. The van der Waals surface area contributed by atoms with E-state index in [1.165, 1.54) is 48.7 Å². The van der Waals surface area contributed by atoms with Crippen molar-refractivity contribution in [2.75, 3.05) is 0 Å². The molecule has 1 aliphatic heterocycles. The molecule has 0 fully saturated rings. The summed E-state index contributed by atoms with van der Waals surface area (Å²) in [6.45, 7) is 2.20. The van der Waals surface area contributed by atoms with Gasteiger partial charge in [0.2, 0.25) is 0 Å². The Kier molecular flexibility index (Phi) is 3.04. The van der Waals surface area contributed by atoms with Crippen LogP contribution in [0.25, 0.3) is 11.1 Å². The van der Waals surface area contributed by atoms with Crippen molar-refractivity contribution in [3.8, 4) is 11.1 Å². The highest BCUT2D eigenvalue weighted by Crippen LogP contribution is 2.61. The van der Waals surface area contributed by atoms with E-state index < -0.39 is 0 Å². The van der Waals surface area contributed by atoms with Crippen molar-refractivity contribution in [2.45, 2.75) is 22.1 Å². The van der Waals surface area contributed by atoms with Gasteiger partial charge in [-0.2, -0.15) is 0 Å². The molecule has 0 aromatic heterocycles. The van der Waals surface area contributed by atoms with E-state index in [-0.39, 0.29) is 5.41 Å². The first kappa shape index (κ1) is 15.3. The molecule has 6 rings (SSSR count). The lowest BCUT2D eigenvalue weighted by molar-refractivity contribution is 0.721. The number of benzene rings is 4. The van der Waals surface area contributed by atoms with Gasteiger partial charge in [0, 0.05) is 9.79 Å². The van der Waals surface area contributed by atoms with E-state index in [1.807, 2.05) is 11.8 Å². The molecule has 4 aromatic rings. The molecule has 1 heterocycles. The summed E-state index contributed by atoms with van der Waals surface area (Å²) in [4.78, 5) is 2.73. The predicted molar refractivity (Wildman–Crippen MR) is 113 cm³/mol. The van der Waals surface area contributed by atoms with E-state index in [1.54, 1.807) is 0 Å². The van der Waals surface area contributed by atoms with Gasteiger partial charge in [0.05, 0.1) is 5.41 Å². The fourth-order valence-electron chi connectivity index (χ4n) is 4.97. The molecule has 1 heteroatoms. The highest BCUT2D eigenvalue weighted by atomic mass is 32.2. The van der Waals surface area contributed by atoms with Gasteiger partial charge < -0.3 is 0 Å². The molecular formula is C26H18S. The first-order chi connectivity index (χ1) is 13.3. The Morgan fingerprint density at radius 1 is 0.556 bits per heavy atom. The van der Waals surface area contributed by atoms with Crippen molar-refractivity contribution < 1.29 is 0 Å². The minimum Gasteiger partial charge on any atom is -0.0894 e. The van der Waals surface area contributed by atoms with Crippen molar-refractivity contribution in [1.29, 1.82) is 0 Å². The van der Waals surface area contributed by atoms with Crippen LogP contribution in [0.3, 0.4) is 0 Å². The summed E-state index contributed by atoms with van der Waals surface area (Å²) in [6.07, 6.45) is 0. The second-order valence-electron chi connectivity index (χ2n) is 7.44. The SMILES string of the molecule is Cc1ccc2c(c1)C1(c3ccccc3S2)c2ccccc2-c2ccccc21. The molecule has 128 valence electrons. The van der Waals surface area contributed by atoms with Crippen LogP contribution < -0.4 is 0 Å². The van der Waals surface area contributed by atoms with E-state index in [4.69, 9.17) is 0 Å². The molecule has 0 radical (unpaired) electrons. The van der Waals surface area contributed by atoms with E-state index in [0.29, 0.717) is 0 Å². The van der Waals surface area contributed by atoms with Crippen LogP contribution in [0, 0.1) is 6.92 Å². The third kappa shape index (κ3) is 1.85. The quantitative estimate of drug-likeness (QED) is 0.285. The molecule has 2 aliphatic rings. The monoisotopic (exact) mass is 362 g/mol. The van der Waals surface area contributed by atoms with Crippen LogP contribution in [0.2, 0.25) is 0 Å². The number of rotatable bonds is 0. The normalized spacial score (nSPS) is 15.0. The molecule has 0 unspecified atom stereocenters. The van der Waals surface area contributed by atoms with Gasteiger partial charge >= 0.3 is 0 Å². The molecule has 1 aliphatic carbocycles. The van der Waals surface area contributed by atoms with Crippen molar-refractivity contribution in [3.05, 3.63) is 119 Å². The molecule has 0 N–H and O–H groups in total. The molecule has 0 atom stereocenters. The molecule has 1 spiro atoms. The Hall–Kier alpha value is -2.77. The number of fused-ring (bicyclic) bond motifs is 9. The minimum atomic E-state index is -0.226. The van der Waals surface area contributed by atoms with E-state index in [9.17, 15) is 0 Å². The van der Waals surface area contributed by atoms with Gasteiger partial charge in [-0.05, 0) is 52.4 Å². The third-order valence-corrected chi connectivity index (χ3v) is 7.15. The lowest BCUT2D eigenvalue weighted by atomic mass is 9.67. The molecule has 0 saturated heterocycles. The molecular weight excluding hydrogens is 344 g/mol. The molecule has 4 aromatic carbocycles. The fourth-order valence-corrected chi connectivity index (χ4v) is 6.14. The molecule has 0 bridgehead atoms. The Morgan fingerprint density at radius 3 is 1.81 bits per heavy atom. The minimum absolute atomic E-state index is 0.226. The highest BCUT2D eigenvalue weighted by Gasteiger charge is 2.49. The number of hydrogen-bond donors (Lipinski definition) is 0. The van der Waals surface area contributed by atoms with E-state index >= 15 is 0 Å². The van der Waals surface area contributed by atoms with Gasteiger partial charge in [-0.1, -0.05) is 96.2 Å². The average molecular weight is 362 g/mol. The van der Waals surface area contributed by atoms with Gasteiger partial charge in [-0.15, -0.1) is 0 Å². The number of aryl methyl sites for hydroxylation is 1. The Morgan fingerprint density at radius 2 is 1.11 bits per heavy atom. The van der Waals surface area contributed by atoms with Crippen molar-refractivity contribution in [2.24, 2.45) is 0 Å². The van der Waals surface area contributed by atoms with Gasteiger partial charge in [-0.3, -0.25) is 0 Å². The smallest absolute Gasteiger partial charge is 0.0735 e. The fraction of sp³-hybridized carbons (Fsp3) is 0.0769. The lowest BCUT2D eigenvalue weighted by Gasteiger charge is -2.39. The lowest BCUT2D eigenvalue weighted by Crippen LogP contribution is -2.32. The maximum absolute atomic E-state index is 2.40. The third-order valence-electron chi connectivity index (χ3n) is 6.00. The summed E-state index contributed by atoms with van der Waals surface area (Å²) in [5, 5.41) is 0. The van der Waals surface area contributed by atoms with Crippen LogP contribution in [0.1, 0.15) is 27.8 Å². The zero-order valence-corrected chi connectivity index (χ0v) is 15.9. The van der Waals surface area contributed by atoms with Gasteiger partial charge in [-0.25, -0.2) is 0 Å². The maximum Gasteiger partial charge on any atom is 0.0735 e. The van der Waals surface area contributed by atoms with Gasteiger partial charge in [0.1, 0.15) is 0 Å².